The summed E-state index contributed by atoms with van der Waals surface area (Å²) in [6.07, 6.45) is 0.622. The molecule has 1 amide bonds. The number of nitrogens with two attached hydrogens (primary N) is 1. The van der Waals surface area contributed by atoms with Crippen molar-refractivity contribution in [3.63, 3.8) is 0 Å². The lowest BCUT2D eigenvalue weighted by Crippen LogP contribution is -2.27. The summed E-state index contributed by atoms with van der Waals surface area (Å²) in [5, 5.41) is 2.70. The highest BCUT2D eigenvalue weighted by atomic mass is 16.6. The number of anilines is 1. The van der Waals surface area contributed by atoms with Gasteiger partial charge in [-0.3, -0.25) is 5.32 Å². The average Bonchev–Trinajstić information content (AvgIpc) is 2.93. The number of hydrogen-bond donors (Lipinski definition) is 2. The average molecular weight is 248 g/mol. The molecule has 98 valence electrons. The fourth-order valence-corrected chi connectivity index (χ4v) is 1.83. The molecule has 1 aromatic carbocycles. The first-order chi connectivity index (χ1) is 8.35. The molecule has 0 spiro atoms. The maximum atomic E-state index is 11.6. The van der Waals surface area contributed by atoms with Crippen LogP contribution in [-0.4, -0.2) is 17.7 Å². The van der Waals surface area contributed by atoms with Crippen LogP contribution in [0.2, 0.25) is 0 Å². The van der Waals surface area contributed by atoms with Crippen molar-refractivity contribution in [3.05, 3.63) is 29.8 Å². The van der Waals surface area contributed by atoms with E-state index < -0.39 is 11.7 Å². The molecule has 0 saturated heterocycles. The Morgan fingerprint density at radius 1 is 1.33 bits per heavy atom. The Hall–Kier alpha value is -1.55. The van der Waals surface area contributed by atoms with Gasteiger partial charge in [-0.2, -0.15) is 0 Å². The third-order valence-electron chi connectivity index (χ3n) is 2.82. The van der Waals surface area contributed by atoms with E-state index in [4.69, 9.17) is 10.5 Å². The van der Waals surface area contributed by atoms with Crippen LogP contribution in [0.25, 0.3) is 0 Å². The number of nitrogens with one attached hydrogen (secondary N) is 1. The van der Waals surface area contributed by atoms with Crippen LogP contribution in [0.5, 0.6) is 0 Å². The van der Waals surface area contributed by atoms with E-state index in [0.29, 0.717) is 12.0 Å². The first kappa shape index (κ1) is 12.9. The first-order valence-corrected chi connectivity index (χ1v) is 6.21. The van der Waals surface area contributed by atoms with Gasteiger partial charge in [-0.25, -0.2) is 4.79 Å². The third-order valence-corrected chi connectivity index (χ3v) is 2.82. The standard InChI is InChI=1S/C14H20N2O2/c1-14(2,3)18-13(17)16-10-6-4-9(5-7-10)11-8-12(11)15/h4-7,11-12H,8,15H2,1-3H3,(H,16,17)/t11-,12+/m0/s1. The van der Waals surface area contributed by atoms with Gasteiger partial charge < -0.3 is 10.5 Å². The van der Waals surface area contributed by atoms with E-state index in [1.807, 2.05) is 45.0 Å². The van der Waals surface area contributed by atoms with Gasteiger partial charge in [-0.15, -0.1) is 0 Å². The SMILES string of the molecule is CC(C)(C)OC(=O)Nc1ccc([C@@H]2C[C@H]2N)cc1. The van der Waals surface area contributed by atoms with Gasteiger partial charge in [-0.1, -0.05) is 12.1 Å². The van der Waals surface area contributed by atoms with Crippen molar-refractivity contribution in [3.8, 4) is 0 Å². The van der Waals surface area contributed by atoms with Gasteiger partial charge in [0.1, 0.15) is 5.60 Å². The number of hydrogen-bond acceptors (Lipinski definition) is 3. The van der Waals surface area contributed by atoms with Gasteiger partial charge in [0.05, 0.1) is 0 Å². The molecule has 0 radical (unpaired) electrons. The summed E-state index contributed by atoms with van der Waals surface area (Å²) in [5.41, 5.74) is 7.29. The molecule has 1 aliphatic rings. The number of carbonyl (C=O) groups is 1. The molecular weight excluding hydrogens is 228 g/mol. The number of ether oxygens (including phenoxy) is 1. The molecule has 0 aromatic heterocycles. The number of carbonyl (C=O) groups excluding carboxylic acids is 1. The molecular formula is C14H20N2O2. The minimum atomic E-state index is -0.481. The highest BCUT2D eigenvalue weighted by molar-refractivity contribution is 5.84. The molecule has 4 nitrogen and oxygen atoms in total. The van der Waals surface area contributed by atoms with Crippen LogP contribution in [-0.2, 0) is 4.74 Å². The Morgan fingerprint density at radius 3 is 2.33 bits per heavy atom. The second kappa shape index (κ2) is 4.61. The van der Waals surface area contributed by atoms with Crippen molar-refractivity contribution in [2.24, 2.45) is 5.73 Å². The smallest absolute Gasteiger partial charge is 0.412 e. The Balaban J connectivity index is 1.92. The summed E-state index contributed by atoms with van der Waals surface area (Å²) in [7, 11) is 0. The second-order valence-electron chi connectivity index (χ2n) is 5.75. The van der Waals surface area contributed by atoms with E-state index in [-0.39, 0.29) is 0 Å². The van der Waals surface area contributed by atoms with E-state index in [1.165, 1.54) is 5.56 Å². The van der Waals surface area contributed by atoms with E-state index >= 15 is 0 Å². The maximum absolute atomic E-state index is 11.6. The van der Waals surface area contributed by atoms with E-state index in [2.05, 4.69) is 5.32 Å². The van der Waals surface area contributed by atoms with Crippen LogP contribution >= 0.6 is 0 Å². The summed E-state index contributed by atoms with van der Waals surface area (Å²) in [6, 6.07) is 8.07. The molecule has 0 unspecified atom stereocenters. The van der Waals surface area contributed by atoms with Crippen molar-refractivity contribution in [1.29, 1.82) is 0 Å². The fraction of sp³-hybridized carbons (Fsp3) is 0.500. The Labute approximate surface area is 108 Å². The lowest BCUT2D eigenvalue weighted by atomic mass is 10.1. The van der Waals surface area contributed by atoms with Crippen LogP contribution < -0.4 is 11.1 Å². The lowest BCUT2D eigenvalue weighted by molar-refractivity contribution is 0.0636. The Bertz CT molecular complexity index is 434. The molecule has 18 heavy (non-hydrogen) atoms. The van der Waals surface area contributed by atoms with Crippen LogP contribution in [0.3, 0.4) is 0 Å². The van der Waals surface area contributed by atoms with Gasteiger partial charge >= 0.3 is 6.09 Å². The highest BCUT2D eigenvalue weighted by Gasteiger charge is 2.34. The third kappa shape index (κ3) is 3.47. The molecule has 3 N–H and O–H groups in total. The van der Waals surface area contributed by atoms with E-state index in [0.717, 1.165) is 12.1 Å². The predicted molar refractivity (Wildman–Crippen MR) is 71.6 cm³/mol. The van der Waals surface area contributed by atoms with Crippen molar-refractivity contribution >= 4 is 11.8 Å². The van der Waals surface area contributed by atoms with Gasteiger partial charge in [0, 0.05) is 17.6 Å². The van der Waals surface area contributed by atoms with Gasteiger partial charge in [0.2, 0.25) is 0 Å². The Morgan fingerprint density at radius 2 is 1.89 bits per heavy atom. The zero-order valence-electron chi connectivity index (χ0n) is 11.1. The highest BCUT2D eigenvalue weighted by Crippen LogP contribution is 2.39. The number of amides is 1. The molecule has 0 bridgehead atoms. The number of benzene rings is 1. The van der Waals surface area contributed by atoms with Gasteiger partial charge in [-0.05, 0) is 44.9 Å². The van der Waals surface area contributed by atoms with Gasteiger partial charge in [0.15, 0.2) is 0 Å². The van der Waals surface area contributed by atoms with E-state index in [9.17, 15) is 4.79 Å². The molecule has 1 aliphatic carbocycles. The summed E-state index contributed by atoms with van der Waals surface area (Å²) >= 11 is 0. The predicted octanol–water partition coefficient (Wildman–Crippen LogP) is 2.85. The molecule has 0 heterocycles. The summed E-state index contributed by atoms with van der Waals surface area (Å²) in [6.45, 7) is 5.51. The quantitative estimate of drug-likeness (QED) is 0.845. The number of rotatable bonds is 2. The fourth-order valence-electron chi connectivity index (χ4n) is 1.83. The van der Waals surface area contributed by atoms with E-state index in [1.54, 1.807) is 0 Å². The van der Waals surface area contributed by atoms with Crippen LogP contribution in [0.15, 0.2) is 24.3 Å². The summed E-state index contributed by atoms with van der Waals surface area (Å²) in [5.74, 6) is 0.487. The summed E-state index contributed by atoms with van der Waals surface area (Å²) < 4.78 is 5.18. The molecule has 1 fully saturated rings. The monoisotopic (exact) mass is 248 g/mol. The first-order valence-electron chi connectivity index (χ1n) is 6.21. The topological polar surface area (TPSA) is 64.3 Å². The van der Waals surface area contributed by atoms with Crippen molar-refractivity contribution in [2.75, 3.05) is 5.32 Å². The van der Waals surface area contributed by atoms with Crippen LogP contribution in [0.1, 0.15) is 38.7 Å². The molecule has 1 saturated carbocycles. The second-order valence-corrected chi connectivity index (χ2v) is 5.75. The molecule has 4 heteroatoms. The molecule has 1 aromatic rings. The zero-order chi connectivity index (χ0) is 13.3. The molecule has 2 rings (SSSR count). The summed E-state index contributed by atoms with van der Waals surface area (Å²) in [4.78, 5) is 11.6. The Kier molecular flexibility index (Phi) is 3.30. The minimum Gasteiger partial charge on any atom is -0.444 e. The van der Waals surface area contributed by atoms with Gasteiger partial charge in [0.25, 0.3) is 0 Å². The largest absolute Gasteiger partial charge is 0.444 e. The van der Waals surface area contributed by atoms with Crippen molar-refractivity contribution < 1.29 is 9.53 Å². The molecule has 0 aliphatic heterocycles. The van der Waals surface area contributed by atoms with Crippen LogP contribution in [0.4, 0.5) is 10.5 Å². The zero-order valence-corrected chi connectivity index (χ0v) is 11.1. The lowest BCUT2D eigenvalue weighted by Gasteiger charge is -2.19. The molecule has 2 atom stereocenters. The minimum absolute atomic E-state index is 0.301. The van der Waals surface area contributed by atoms with Crippen LogP contribution in [0, 0.1) is 0 Å². The van der Waals surface area contributed by atoms with Crippen molar-refractivity contribution in [2.45, 2.75) is 44.8 Å². The maximum Gasteiger partial charge on any atom is 0.412 e. The van der Waals surface area contributed by atoms with Crippen molar-refractivity contribution in [1.82, 2.24) is 0 Å². The normalized spacial score (nSPS) is 22.4.